The van der Waals surface area contributed by atoms with Gasteiger partial charge in [0.25, 0.3) is 5.56 Å². The first-order chi connectivity index (χ1) is 20.0. The largest absolute Gasteiger partial charge is 0.497 e. The van der Waals surface area contributed by atoms with Gasteiger partial charge in [-0.15, -0.1) is 0 Å². The van der Waals surface area contributed by atoms with Crippen LogP contribution in [0.2, 0.25) is 0 Å². The molecule has 1 aliphatic rings. The number of fused-ring (bicyclic) bond motifs is 1. The molecule has 2 aromatic heterocycles. The number of allylic oxidation sites excluding steroid dienone is 1. The number of furan rings is 1. The minimum absolute atomic E-state index is 0.124. The second-order valence-electron chi connectivity index (χ2n) is 9.19. The molecule has 1 unspecified atom stereocenters. The van der Waals surface area contributed by atoms with Crippen LogP contribution in [0.15, 0.2) is 80.1 Å². The van der Waals surface area contributed by atoms with Crippen LogP contribution in [0, 0.1) is 0 Å². The van der Waals surface area contributed by atoms with E-state index in [1.807, 2.05) is 0 Å². The summed E-state index contributed by atoms with van der Waals surface area (Å²) >= 11 is 1.09. The Bertz CT molecular complexity index is 1880. The van der Waals surface area contributed by atoms with Crippen LogP contribution in [0.3, 0.4) is 0 Å². The van der Waals surface area contributed by atoms with Gasteiger partial charge in [0.1, 0.15) is 29.1 Å². The van der Waals surface area contributed by atoms with Gasteiger partial charge in [-0.05, 0) is 50.2 Å². The number of rotatable bonds is 7. The van der Waals surface area contributed by atoms with Gasteiger partial charge in [-0.25, -0.2) is 9.79 Å². The van der Waals surface area contributed by atoms with E-state index in [2.05, 4.69) is 4.99 Å². The fourth-order valence-corrected chi connectivity index (χ4v) is 5.72. The number of methoxy groups -OCH3 is 2. The molecule has 1 aliphatic heterocycles. The van der Waals surface area contributed by atoms with E-state index in [9.17, 15) is 22.8 Å². The van der Waals surface area contributed by atoms with Crippen molar-refractivity contribution < 1.29 is 36.6 Å². The Morgan fingerprint density at radius 3 is 2.60 bits per heavy atom. The van der Waals surface area contributed by atoms with E-state index < -0.39 is 29.3 Å². The summed E-state index contributed by atoms with van der Waals surface area (Å²) in [6, 6.07) is 12.0. The third kappa shape index (κ3) is 5.37. The molecule has 0 amide bonds. The highest BCUT2D eigenvalue weighted by molar-refractivity contribution is 7.07. The minimum atomic E-state index is -4.50. The molecule has 4 aromatic rings. The van der Waals surface area contributed by atoms with Gasteiger partial charge >= 0.3 is 12.1 Å². The summed E-state index contributed by atoms with van der Waals surface area (Å²) in [7, 11) is 2.99. The van der Waals surface area contributed by atoms with Gasteiger partial charge in [0, 0.05) is 23.3 Å². The van der Waals surface area contributed by atoms with Crippen molar-refractivity contribution in [2.45, 2.75) is 26.1 Å². The number of thiazole rings is 1. The molecule has 0 saturated heterocycles. The lowest BCUT2D eigenvalue weighted by Crippen LogP contribution is -2.40. The Hall–Kier alpha value is -4.58. The fourth-order valence-electron chi connectivity index (χ4n) is 4.69. The van der Waals surface area contributed by atoms with Crippen molar-refractivity contribution in [1.29, 1.82) is 0 Å². The summed E-state index contributed by atoms with van der Waals surface area (Å²) in [5, 5.41) is 0. The van der Waals surface area contributed by atoms with E-state index in [-0.39, 0.29) is 33.8 Å². The van der Waals surface area contributed by atoms with Crippen molar-refractivity contribution in [2.24, 2.45) is 4.99 Å². The van der Waals surface area contributed by atoms with Crippen molar-refractivity contribution in [2.75, 3.05) is 20.8 Å². The van der Waals surface area contributed by atoms with Crippen molar-refractivity contribution in [3.8, 4) is 22.8 Å². The molecule has 0 bridgehead atoms. The number of benzene rings is 2. The lowest BCUT2D eigenvalue weighted by molar-refractivity contribution is -0.139. The summed E-state index contributed by atoms with van der Waals surface area (Å²) in [6.45, 7) is 3.47. The van der Waals surface area contributed by atoms with Gasteiger partial charge < -0.3 is 18.6 Å². The number of nitrogens with zero attached hydrogens (tertiary/aromatic N) is 2. The molecule has 0 N–H and O–H groups in total. The maximum Gasteiger partial charge on any atom is 0.416 e. The van der Waals surface area contributed by atoms with Crippen LogP contribution in [0.4, 0.5) is 13.2 Å². The standard InChI is InChI=1S/C30H25F3N2O6S/c1-5-40-28(37)25-16(2)34-29-35(26(25)21-11-9-19(38-3)14-23(21)39-4)27(36)24(42-29)15-20-10-12-22(41-20)17-7-6-8-18(13-17)30(31,32)33/h6-15,26H,5H2,1-4H3/b24-15-. The second kappa shape index (κ2) is 11.4. The Morgan fingerprint density at radius 1 is 1.12 bits per heavy atom. The molecule has 1 atom stereocenters. The highest BCUT2D eigenvalue weighted by Crippen LogP contribution is 2.38. The molecular formula is C30H25F3N2O6S. The molecule has 0 spiro atoms. The van der Waals surface area contributed by atoms with Gasteiger partial charge in [0.15, 0.2) is 4.80 Å². The van der Waals surface area contributed by atoms with E-state index in [0.29, 0.717) is 27.6 Å². The number of carbonyl (C=O) groups excluding carboxylic acids is 1. The maximum absolute atomic E-state index is 13.9. The zero-order chi connectivity index (χ0) is 30.2. The number of alkyl halides is 3. The first kappa shape index (κ1) is 28.9. The van der Waals surface area contributed by atoms with E-state index in [1.54, 1.807) is 38.1 Å². The number of carbonyl (C=O) groups is 1. The van der Waals surface area contributed by atoms with Crippen molar-refractivity contribution in [1.82, 2.24) is 4.57 Å². The van der Waals surface area contributed by atoms with E-state index >= 15 is 0 Å². The Kier molecular flexibility index (Phi) is 7.83. The molecule has 0 saturated carbocycles. The zero-order valence-corrected chi connectivity index (χ0v) is 23.8. The van der Waals surface area contributed by atoms with Gasteiger partial charge in [0.05, 0.1) is 42.2 Å². The van der Waals surface area contributed by atoms with Crippen LogP contribution in [0.1, 0.15) is 36.8 Å². The molecule has 0 fully saturated rings. The van der Waals surface area contributed by atoms with Gasteiger partial charge in [-0.1, -0.05) is 23.5 Å². The van der Waals surface area contributed by atoms with E-state index in [1.165, 1.54) is 43.1 Å². The van der Waals surface area contributed by atoms with Crippen LogP contribution >= 0.6 is 11.3 Å². The van der Waals surface area contributed by atoms with Gasteiger partial charge in [-0.2, -0.15) is 13.2 Å². The Labute approximate surface area is 241 Å². The average Bonchev–Trinajstić information content (AvgIpc) is 3.56. The number of esters is 1. The minimum Gasteiger partial charge on any atom is -0.497 e. The first-order valence-corrected chi connectivity index (χ1v) is 13.6. The summed E-state index contributed by atoms with van der Waals surface area (Å²) in [5.41, 5.74) is 0.0827. The molecule has 12 heteroatoms. The van der Waals surface area contributed by atoms with Crippen molar-refractivity contribution in [3.05, 3.63) is 102 Å². The smallest absolute Gasteiger partial charge is 0.416 e. The highest BCUT2D eigenvalue weighted by Gasteiger charge is 2.35. The molecular weight excluding hydrogens is 573 g/mol. The molecule has 8 nitrogen and oxygen atoms in total. The second-order valence-corrected chi connectivity index (χ2v) is 10.2. The van der Waals surface area contributed by atoms with Crippen molar-refractivity contribution >= 4 is 23.4 Å². The van der Waals surface area contributed by atoms with Gasteiger partial charge in [0.2, 0.25) is 0 Å². The van der Waals surface area contributed by atoms with E-state index in [0.717, 1.165) is 23.5 Å². The van der Waals surface area contributed by atoms with Crippen LogP contribution in [-0.2, 0) is 15.7 Å². The third-order valence-corrected chi connectivity index (χ3v) is 7.61. The van der Waals surface area contributed by atoms with Crippen LogP contribution in [-0.4, -0.2) is 31.4 Å². The topological polar surface area (TPSA) is 92.3 Å². The number of hydrogen-bond donors (Lipinski definition) is 0. The predicted molar refractivity (Wildman–Crippen MR) is 149 cm³/mol. The molecule has 0 radical (unpaired) electrons. The summed E-state index contributed by atoms with van der Waals surface area (Å²) in [5.74, 6) is 0.764. The normalized spacial score (nSPS) is 15.3. The number of halogens is 3. The third-order valence-electron chi connectivity index (χ3n) is 6.63. The summed E-state index contributed by atoms with van der Waals surface area (Å²) < 4.78 is 63.3. The molecule has 2 aromatic carbocycles. The molecule has 3 heterocycles. The Morgan fingerprint density at radius 2 is 1.90 bits per heavy atom. The van der Waals surface area contributed by atoms with Crippen LogP contribution in [0.25, 0.3) is 17.4 Å². The molecule has 42 heavy (non-hydrogen) atoms. The number of ether oxygens (including phenoxy) is 3. The fraction of sp³-hybridized carbons (Fsp3) is 0.233. The Balaban J connectivity index is 1.64. The number of aromatic nitrogens is 1. The predicted octanol–water partition coefficient (Wildman–Crippen LogP) is 5.09. The maximum atomic E-state index is 13.9. The molecule has 5 rings (SSSR count). The monoisotopic (exact) mass is 598 g/mol. The summed E-state index contributed by atoms with van der Waals surface area (Å²) in [6.07, 6.45) is -3.00. The van der Waals surface area contributed by atoms with E-state index in [4.69, 9.17) is 18.6 Å². The lowest BCUT2D eigenvalue weighted by Gasteiger charge is -2.26. The zero-order valence-electron chi connectivity index (χ0n) is 22.9. The SMILES string of the molecule is CCOC(=O)C1=C(C)N=c2s/c(=C\c3ccc(-c4cccc(C(F)(F)F)c4)o3)c(=O)n2C1c1ccc(OC)cc1OC. The average molecular weight is 599 g/mol. The number of hydrogen-bond acceptors (Lipinski definition) is 8. The van der Waals surface area contributed by atoms with Gasteiger partial charge in [-0.3, -0.25) is 9.36 Å². The lowest BCUT2D eigenvalue weighted by atomic mass is 9.95. The van der Waals surface area contributed by atoms with Crippen molar-refractivity contribution in [3.63, 3.8) is 0 Å². The van der Waals surface area contributed by atoms with Crippen LogP contribution < -0.4 is 24.4 Å². The quantitative estimate of drug-likeness (QED) is 0.275. The first-order valence-electron chi connectivity index (χ1n) is 12.7. The highest BCUT2D eigenvalue weighted by atomic mass is 32.1. The van der Waals surface area contributed by atoms with Crippen LogP contribution in [0.5, 0.6) is 11.5 Å². The molecule has 0 aliphatic carbocycles. The summed E-state index contributed by atoms with van der Waals surface area (Å²) in [4.78, 5) is 31.9. The molecule has 218 valence electrons.